The van der Waals surface area contributed by atoms with E-state index in [1.807, 2.05) is 13.8 Å². The summed E-state index contributed by atoms with van der Waals surface area (Å²) in [6, 6.07) is 0. The van der Waals surface area contributed by atoms with E-state index < -0.39 is 10.2 Å². The van der Waals surface area contributed by atoms with Crippen LogP contribution in [-0.2, 0) is 15.0 Å². The molecule has 16 heavy (non-hydrogen) atoms. The first-order valence-corrected chi connectivity index (χ1v) is 7.16. The normalized spacial score (nSPS) is 20.2. The van der Waals surface area contributed by atoms with Crippen LogP contribution in [0.2, 0.25) is 0 Å². The van der Waals surface area contributed by atoms with E-state index >= 15 is 0 Å². The van der Waals surface area contributed by atoms with Crippen molar-refractivity contribution in [3.63, 3.8) is 0 Å². The van der Waals surface area contributed by atoms with Crippen molar-refractivity contribution in [3.8, 4) is 0 Å². The van der Waals surface area contributed by atoms with Gasteiger partial charge in [-0.2, -0.15) is 17.0 Å². The first kappa shape index (κ1) is 13.6. The molecule has 0 radical (unpaired) electrons. The SMILES string of the molecule is CCN(CC)S(=O)(=O)N1CCC(C=O)CC1. The van der Waals surface area contributed by atoms with Crippen molar-refractivity contribution in [2.45, 2.75) is 26.7 Å². The highest BCUT2D eigenvalue weighted by molar-refractivity contribution is 7.86. The number of carbonyl (C=O) groups excluding carboxylic acids is 1. The first-order chi connectivity index (χ1) is 7.56. The fourth-order valence-corrected chi connectivity index (χ4v) is 3.61. The number of piperidine rings is 1. The fraction of sp³-hybridized carbons (Fsp3) is 0.900. The van der Waals surface area contributed by atoms with Gasteiger partial charge in [0.15, 0.2) is 0 Å². The summed E-state index contributed by atoms with van der Waals surface area (Å²) in [5, 5.41) is 0. The Kier molecular flexibility index (Phi) is 4.89. The van der Waals surface area contributed by atoms with Crippen LogP contribution in [0, 0.1) is 5.92 Å². The zero-order chi connectivity index (χ0) is 12.2. The van der Waals surface area contributed by atoms with E-state index in [-0.39, 0.29) is 5.92 Å². The van der Waals surface area contributed by atoms with Gasteiger partial charge in [-0.1, -0.05) is 13.8 Å². The maximum Gasteiger partial charge on any atom is 0.281 e. The molecule has 0 N–H and O–H groups in total. The molecular formula is C10H20N2O3S. The Morgan fingerprint density at radius 1 is 1.25 bits per heavy atom. The van der Waals surface area contributed by atoms with Crippen LogP contribution >= 0.6 is 0 Å². The average Bonchev–Trinajstić information content (AvgIpc) is 2.30. The molecule has 1 saturated heterocycles. The molecule has 94 valence electrons. The van der Waals surface area contributed by atoms with Gasteiger partial charge in [-0.3, -0.25) is 0 Å². The van der Waals surface area contributed by atoms with E-state index in [2.05, 4.69) is 0 Å². The average molecular weight is 248 g/mol. The lowest BCUT2D eigenvalue weighted by atomic mass is 10.0. The largest absolute Gasteiger partial charge is 0.303 e. The molecule has 1 fully saturated rings. The molecule has 6 heteroatoms. The fourth-order valence-electron chi connectivity index (χ4n) is 1.96. The highest BCUT2D eigenvalue weighted by Crippen LogP contribution is 2.19. The van der Waals surface area contributed by atoms with Crippen molar-refractivity contribution in [1.82, 2.24) is 8.61 Å². The van der Waals surface area contributed by atoms with E-state index in [9.17, 15) is 13.2 Å². The van der Waals surface area contributed by atoms with Crippen LogP contribution in [0.15, 0.2) is 0 Å². The molecule has 0 bridgehead atoms. The molecule has 1 heterocycles. The van der Waals surface area contributed by atoms with Crippen LogP contribution in [0.1, 0.15) is 26.7 Å². The summed E-state index contributed by atoms with van der Waals surface area (Å²) in [7, 11) is -3.31. The zero-order valence-electron chi connectivity index (χ0n) is 9.92. The maximum atomic E-state index is 12.1. The molecule has 0 atom stereocenters. The molecule has 0 aliphatic carbocycles. The number of nitrogens with zero attached hydrogens (tertiary/aromatic N) is 2. The van der Waals surface area contributed by atoms with Gasteiger partial charge in [-0.05, 0) is 12.8 Å². The molecule has 1 aliphatic heterocycles. The first-order valence-electron chi connectivity index (χ1n) is 5.76. The van der Waals surface area contributed by atoms with Gasteiger partial charge >= 0.3 is 0 Å². The van der Waals surface area contributed by atoms with Gasteiger partial charge in [0, 0.05) is 32.1 Å². The van der Waals surface area contributed by atoms with Gasteiger partial charge in [0.1, 0.15) is 6.29 Å². The Labute approximate surface area is 97.6 Å². The highest BCUT2D eigenvalue weighted by atomic mass is 32.2. The van der Waals surface area contributed by atoms with Gasteiger partial charge in [0.05, 0.1) is 0 Å². The van der Waals surface area contributed by atoms with Crippen molar-refractivity contribution in [3.05, 3.63) is 0 Å². The molecule has 0 amide bonds. The van der Waals surface area contributed by atoms with Gasteiger partial charge in [-0.25, -0.2) is 0 Å². The lowest BCUT2D eigenvalue weighted by Crippen LogP contribution is -2.47. The minimum Gasteiger partial charge on any atom is -0.303 e. The number of hydrogen-bond acceptors (Lipinski definition) is 3. The summed E-state index contributed by atoms with van der Waals surface area (Å²) in [5.41, 5.74) is 0. The summed E-state index contributed by atoms with van der Waals surface area (Å²) >= 11 is 0. The topological polar surface area (TPSA) is 57.7 Å². The predicted molar refractivity (Wildman–Crippen MR) is 62.2 cm³/mol. The number of aldehydes is 1. The maximum absolute atomic E-state index is 12.1. The molecule has 0 aromatic rings. The van der Waals surface area contributed by atoms with Crippen molar-refractivity contribution in [2.24, 2.45) is 5.92 Å². The number of hydrogen-bond donors (Lipinski definition) is 0. The second-order valence-electron chi connectivity index (χ2n) is 3.96. The third kappa shape index (κ3) is 2.81. The third-order valence-corrected chi connectivity index (χ3v) is 5.24. The van der Waals surface area contributed by atoms with Gasteiger partial charge in [0.25, 0.3) is 10.2 Å². The smallest absolute Gasteiger partial charge is 0.281 e. The van der Waals surface area contributed by atoms with E-state index in [1.165, 1.54) is 8.61 Å². The molecular weight excluding hydrogens is 228 g/mol. The van der Waals surface area contributed by atoms with Crippen molar-refractivity contribution in [1.29, 1.82) is 0 Å². The lowest BCUT2D eigenvalue weighted by molar-refractivity contribution is -0.112. The van der Waals surface area contributed by atoms with Crippen LogP contribution in [0.5, 0.6) is 0 Å². The molecule has 0 spiro atoms. The number of carbonyl (C=O) groups is 1. The molecule has 0 unspecified atom stereocenters. The summed E-state index contributed by atoms with van der Waals surface area (Å²) < 4.78 is 27.2. The molecule has 0 saturated carbocycles. The molecule has 0 aromatic heterocycles. The summed E-state index contributed by atoms with van der Waals surface area (Å²) in [4.78, 5) is 10.6. The number of rotatable bonds is 5. The Morgan fingerprint density at radius 3 is 2.12 bits per heavy atom. The third-order valence-electron chi connectivity index (χ3n) is 3.05. The summed E-state index contributed by atoms with van der Waals surface area (Å²) in [6.45, 7) is 5.57. The second-order valence-corrected chi connectivity index (χ2v) is 5.89. The molecule has 5 nitrogen and oxygen atoms in total. The predicted octanol–water partition coefficient (Wildman–Crippen LogP) is 0.484. The minimum atomic E-state index is -3.31. The minimum absolute atomic E-state index is 0.0307. The van der Waals surface area contributed by atoms with Crippen molar-refractivity contribution in [2.75, 3.05) is 26.2 Å². The quantitative estimate of drug-likeness (QED) is 0.665. The molecule has 0 aromatic carbocycles. The van der Waals surface area contributed by atoms with Gasteiger partial charge in [0.2, 0.25) is 0 Å². The Hall–Kier alpha value is -0.460. The summed E-state index contributed by atoms with van der Waals surface area (Å²) in [5.74, 6) is 0.0307. The van der Waals surface area contributed by atoms with E-state index in [0.29, 0.717) is 39.0 Å². The van der Waals surface area contributed by atoms with E-state index in [1.54, 1.807) is 0 Å². The second kappa shape index (κ2) is 5.75. The Balaban J connectivity index is 2.68. The van der Waals surface area contributed by atoms with Gasteiger partial charge < -0.3 is 4.79 Å². The van der Waals surface area contributed by atoms with Crippen LogP contribution in [-0.4, -0.2) is 49.5 Å². The van der Waals surface area contributed by atoms with Crippen molar-refractivity contribution < 1.29 is 13.2 Å². The zero-order valence-corrected chi connectivity index (χ0v) is 10.7. The van der Waals surface area contributed by atoms with E-state index in [0.717, 1.165) is 6.29 Å². The van der Waals surface area contributed by atoms with Crippen LogP contribution < -0.4 is 0 Å². The standard InChI is InChI=1S/C10H20N2O3S/c1-3-11(4-2)16(14,15)12-7-5-10(9-13)6-8-12/h9-10H,3-8H2,1-2H3. The molecule has 1 aliphatic rings. The van der Waals surface area contributed by atoms with Crippen molar-refractivity contribution >= 4 is 16.5 Å². The lowest BCUT2D eigenvalue weighted by Gasteiger charge is -2.32. The van der Waals surface area contributed by atoms with Crippen LogP contribution in [0.4, 0.5) is 0 Å². The van der Waals surface area contributed by atoms with Crippen LogP contribution in [0.3, 0.4) is 0 Å². The monoisotopic (exact) mass is 248 g/mol. The summed E-state index contributed by atoms with van der Waals surface area (Å²) in [6.07, 6.45) is 2.22. The van der Waals surface area contributed by atoms with Crippen LogP contribution in [0.25, 0.3) is 0 Å². The highest BCUT2D eigenvalue weighted by Gasteiger charge is 2.31. The van der Waals surface area contributed by atoms with Gasteiger partial charge in [-0.15, -0.1) is 0 Å². The molecule has 1 rings (SSSR count). The van der Waals surface area contributed by atoms with E-state index in [4.69, 9.17) is 0 Å². The Morgan fingerprint density at radius 2 is 1.75 bits per heavy atom. The Bertz CT molecular complexity index is 317.